The maximum Gasteiger partial charge on any atom is 0.338 e. The summed E-state index contributed by atoms with van der Waals surface area (Å²) in [7, 11) is 0. The number of esters is 3. The van der Waals surface area contributed by atoms with Crippen molar-refractivity contribution in [2.75, 3.05) is 0 Å². The summed E-state index contributed by atoms with van der Waals surface area (Å²) in [5, 5.41) is 0. The van der Waals surface area contributed by atoms with E-state index in [1.807, 2.05) is 0 Å². The van der Waals surface area contributed by atoms with Gasteiger partial charge in [-0.1, -0.05) is 44.0 Å². The van der Waals surface area contributed by atoms with Gasteiger partial charge in [0.2, 0.25) is 0 Å². The summed E-state index contributed by atoms with van der Waals surface area (Å²) in [6.45, 7) is 15.0. The van der Waals surface area contributed by atoms with Gasteiger partial charge in [0.1, 0.15) is 5.75 Å². The Hall–Kier alpha value is -4.52. The van der Waals surface area contributed by atoms with E-state index >= 15 is 0 Å². The van der Waals surface area contributed by atoms with Crippen molar-refractivity contribution < 1.29 is 33.4 Å². The van der Waals surface area contributed by atoms with Crippen LogP contribution in [0.2, 0.25) is 0 Å². The van der Waals surface area contributed by atoms with Gasteiger partial charge in [0.05, 0.1) is 5.56 Å². The van der Waals surface area contributed by atoms with E-state index in [1.54, 1.807) is 24.3 Å². The molecular formula is C27H24O7. The van der Waals surface area contributed by atoms with Crippen molar-refractivity contribution in [3.8, 4) is 17.2 Å². The van der Waals surface area contributed by atoms with Crippen molar-refractivity contribution in [2.45, 2.75) is 20.8 Å². The van der Waals surface area contributed by atoms with E-state index < -0.39 is 23.7 Å². The summed E-state index contributed by atoms with van der Waals surface area (Å²) in [6.07, 6.45) is 2.74. The molecule has 0 spiro atoms. The zero-order chi connectivity index (χ0) is 25.4. The van der Waals surface area contributed by atoms with Gasteiger partial charge in [-0.2, -0.15) is 0 Å². The normalized spacial score (nSPS) is 10.3. The summed E-state index contributed by atoms with van der Waals surface area (Å²) in [5.74, 6) is -2.67. The lowest BCUT2D eigenvalue weighted by Gasteiger charge is -2.13. The largest absolute Gasteiger partial charge is 0.423 e. The molecule has 0 aliphatic rings. The Labute approximate surface area is 197 Å². The van der Waals surface area contributed by atoms with Crippen LogP contribution in [0.15, 0.2) is 85.0 Å². The summed E-state index contributed by atoms with van der Waals surface area (Å²) >= 11 is 0. The molecule has 7 nitrogen and oxygen atoms in total. The smallest absolute Gasteiger partial charge is 0.338 e. The molecule has 0 saturated heterocycles. The molecule has 2 aromatic rings. The highest BCUT2D eigenvalue weighted by Gasteiger charge is 2.21. The Balaban J connectivity index is 2.38. The van der Waals surface area contributed by atoms with Gasteiger partial charge in [0.15, 0.2) is 17.3 Å². The van der Waals surface area contributed by atoms with Gasteiger partial charge >= 0.3 is 17.9 Å². The fourth-order valence-corrected chi connectivity index (χ4v) is 2.40. The SMILES string of the molecule is C=C(C)C(=O)Oc1cccc(C=CC(=O)c2cccc(OC(=O)C(=C)C)c2OC(=O)C(=C)C)c1. The number of allylic oxidation sites excluding steroid dienone is 1. The van der Waals surface area contributed by atoms with Crippen molar-refractivity contribution in [3.05, 3.63) is 96.1 Å². The second kappa shape index (κ2) is 11.4. The minimum Gasteiger partial charge on any atom is -0.423 e. The Kier molecular flexibility index (Phi) is 8.61. The molecule has 0 heterocycles. The van der Waals surface area contributed by atoms with Gasteiger partial charge in [-0.15, -0.1) is 0 Å². The van der Waals surface area contributed by atoms with Gasteiger partial charge in [-0.3, -0.25) is 4.79 Å². The fraction of sp³-hybridized carbons (Fsp3) is 0.111. The van der Waals surface area contributed by atoms with Crippen LogP contribution in [0.4, 0.5) is 0 Å². The summed E-state index contributed by atoms with van der Waals surface area (Å²) in [5.41, 5.74) is 1.03. The maximum absolute atomic E-state index is 13.0. The van der Waals surface area contributed by atoms with Crippen LogP contribution in [-0.2, 0) is 14.4 Å². The first-order valence-electron chi connectivity index (χ1n) is 10.1. The highest BCUT2D eigenvalue weighted by atomic mass is 16.6. The Morgan fingerprint density at radius 2 is 1.29 bits per heavy atom. The summed E-state index contributed by atoms with van der Waals surface area (Å²) in [4.78, 5) is 48.8. The zero-order valence-corrected chi connectivity index (χ0v) is 19.2. The molecule has 174 valence electrons. The predicted octanol–water partition coefficient (Wildman–Crippen LogP) is 5.03. The van der Waals surface area contributed by atoms with E-state index in [2.05, 4.69) is 19.7 Å². The molecule has 0 aliphatic heterocycles. The van der Waals surface area contributed by atoms with E-state index in [0.29, 0.717) is 5.56 Å². The zero-order valence-electron chi connectivity index (χ0n) is 19.2. The Bertz CT molecular complexity index is 1230. The number of rotatable bonds is 9. The number of ketones is 1. The van der Waals surface area contributed by atoms with Gasteiger partial charge in [0, 0.05) is 16.7 Å². The molecule has 0 N–H and O–H groups in total. The molecular weight excluding hydrogens is 436 g/mol. The van der Waals surface area contributed by atoms with Crippen LogP contribution in [0.3, 0.4) is 0 Å². The van der Waals surface area contributed by atoms with Crippen molar-refractivity contribution in [3.63, 3.8) is 0 Å². The number of carbonyl (C=O) groups is 4. The number of hydrogen-bond donors (Lipinski definition) is 0. The van der Waals surface area contributed by atoms with Gasteiger partial charge < -0.3 is 14.2 Å². The van der Waals surface area contributed by atoms with E-state index in [1.165, 1.54) is 51.1 Å². The standard InChI is InChI=1S/C27H24O7/c1-16(2)25(29)32-20-10-7-9-19(15-20)13-14-22(28)21-11-8-12-23(33-26(30)17(3)4)24(21)34-27(31)18(5)6/h7-15H,1,3,5H2,2,4,6H3. The third kappa shape index (κ3) is 7.00. The van der Waals surface area contributed by atoms with Gasteiger partial charge in [-0.05, 0) is 56.7 Å². The molecule has 2 aromatic carbocycles. The molecule has 0 amide bonds. The first kappa shape index (κ1) is 25.7. The highest BCUT2D eigenvalue weighted by molar-refractivity contribution is 6.10. The van der Waals surface area contributed by atoms with Crippen LogP contribution in [0.25, 0.3) is 6.08 Å². The average molecular weight is 460 g/mol. The third-order valence-corrected chi connectivity index (χ3v) is 4.18. The Morgan fingerprint density at radius 3 is 1.91 bits per heavy atom. The van der Waals surface area contributed by atoms with E-state index in [-0.39, 0.29) is 39.5 Å². The lowest BCUT2D eigenvalue weighted by Crippen LogP contribution is -2.15. The van der Waals surface area contributed by atoms with Crippen LogP contribution in [0.5, 0.6) is 17.2 Å². The number of benzene rings is 2. The molecule has 0 atom stereocenters. The number of para-hydroxylation sites is 1. The second-order valence-corrected chi connectivity index (χ2v) is 7.41. The van der Waals surface area contributed by atoms with Crippen molar-refractivity contribution >= 4 is 29.8 Å². The molecule has 0 bridgehead atoms. The van der Waals surface area contributed by atoms with Crippen LogP contribution in [-0.4, -0.2) is 23.7 Å². The molecule has 0 saturated carbocycles. The molecule has 0 aromatic heterocycles. The van der Waals surface area contributed by atoms with E-state index in [9.17, 15) is 19.2 Å². The lowest BCUT2D eigenvalue weighted by atomic mass is 10.1. The molecule has 0 aliphatic carbocycles. The van der Waals surface area contributed by atoms with Crippen LogP contribution in [0.1, 0.15) is 36.7 Å². The van der Waals surface area contributed by atoms with Crippen molar-refractivity contribution in [1.29, 1.82) is 0 Å². The molecule has 7 heteroatoms. The monoisotopic (exact) mass is 460 g/mol. The molecule has 0 fully saturated rings. The van der Waals surface area contributed by atoms with Crippen LogP contribution >= 0.6 is 0 Å². The van der Waals surface area contributed by atoms with Crippen LogP contribution < -0.4 is 14.2 Å². The van der Waals surface area contributed by atoms with Crippen LogP contribution in [0, 0.1) is 0 Å². The van der Waals surface area contributed by atoms with Crippen molar-refractivity contribution in [1.82, 2.24) is 0 Å². The molecule has 0 radical (unpaired) electrons. The molecule has 2 rings (SSSR count). The number of hydrogen-bond acceptors (Lipinski definition) is 7. The molecule has 34 heavy (non-hydrogen) atoms. The van der Waals surface area contributed by atoms with Gasteiger partial charge in [0.25, 0.3) is 0 Å². The lowest BCUT2D eigenvalue weighted by molar-refractivity contribution is -0.132. The molecule has 0 unspecified atom stereocenters. The van der Waals surface area contributed by atoms with Gasteiger partial charge in [-0.25, -0.2) is 14.4 Å². The quantitative estimate of drug-likeness (QED) is 0.224. The number of carbonyl (C=O) groups excluding carboxylic acids is 4. The minimum atomic E-state index is -0.788. The predicted molar refractivity (Wildman–Crippen MR) is 128 cm³/mol. The maximum atomic E-state index is 13.0. The third-order valence-electron chi connectivity index (χ3n) is 4.18. The summed E-state index contributed by atoms with van der Waals surface area (Å²) < 4.78 is 15.7. The second-order valence-electron chi connectivity index (χ2n) is 7.41. The summed E-state index contributed by atoms with van der Waals surface area (Å²) in [6, 6.07) is 10.8. The minimum absolute atomic E-state index is 0.0114. The van der Waals surface area contributed by atoms with E-state index in [0.717, 1.165) is 0 Å². The van der Waals surface area contributed by atoms with Crippen molar-refractivity contribution in [2.24, 2.45) is 0 Å². The topological polar surface area (TPSA) is 96.0 Å². The highest BCUT2D eigenvalue weighted by Crippen LogP contribution is 2.33. The number of ether oxygens (including phenoxy) is 3. The first-order chi connectivity index (χ1) is 16.0. The fourth-order valence-electron chi connectivity index (χ4n) is 2.40. The average Bonchev–Trinajstić information content (AvgIpc) is 2.78. The first-order valence-corrected chi connectivity index (χ1v) is 10.1. The van der Waals surface area contributed by atoms with E-state index in [4.69, 9.17) is 14.2 Å². The Morgan fingerprint density at radius 1 is 0.735 bits per heavy atom.